The van der Waals surface area contributed by atoms with Gasteiger partial charge in [0, 0.05) is 18.4 Å². The zero-order valence-corrected chi connectivity index (χ0v) is 11.0. The van der Waals surface area contributed by atoms with Crippen molar-refractivity contribution in [2.75, 3.05) is 11.4 Å². The Balaban J connectivity index is 1.75. The molecule has 6 nitrogen and oxygen atoms in total. The minimum Gasteiger partial charge on any atom is -0.406 e. The van der Waals surface area contributed by atoms with Crippen molar-refractivity contribution in [3.8, 4) is 0 Å². The molecule has 6 heteroatoms. The van der Waals surface area contributed by atoms with E-state index in [1.807, 2.05) is 24.3 Å². The van der Waals surface area contributed by atoms with Crippen LogP contribution in [-0.4, -0.2) is 22.4 Å². The topological polar surface area (TPSA) is 79.2 Å². The number of nitrogens with zero attached hydrogens (tertiary/aromatic N) is 2. The van der Waals surface area contributed by atoms with Gasteiger partial charge in [-0.15, -0.1) is 0 Å². The van der Waals surface area contributed by atoms with E-state index in [-0.39, 0.29) is 5.91 Å². The molecular formula is C15H11N3O3. The fourth-order valence-electron chi connectivity index (χ4n) is 2.66. The number of pyridine rings is 1. The maximum atomic E-state index is 12.6. The highest BCUT2D eigenvalue weighted by Crippen LogP contribution is 2.28. The predicted molar refractivity (Wildman–Crippen MR) is 76.5 cm³/mol. The molecule has 3 aromatic rings. The minimum absolute atomic E-state index is 0.141. The third kappa shape index (κ3) is 1.84. The van der Waals surface area contributed by atoms with E-state index in [1.165, 1.54) is 6.20 Å². The summed E-state index contributed by atoms with van der Waals surface area (Å²) in [7, 11) is 0. The van der Waals surface area contributed by atoms with E-state index in [4.69, 9.17) is 4.42 Å². The molecule has 0 spiro atoms. The van der Waals surface area contributed by atoms with Gasteiger partial charge in [-0.3, -0.25) is 9.78 Å². The van der Waals surface area contributed by atoms with Crippen LogP contribution in [0.5, 0.6) is 0 Å². The van der Waals surface area contributed by atoms with E-state index in [2.05, 4.69) is 9.97 Å². The second-order valence-electron chi connectivity index (χ2n) is 4.92. The van der Waals surface area contributed by atoms with Crippen LogP contribution < -0.4 is 10.7 Å². The number of amides is 1. The van der Waals surface area contributed by atoms with Crippen LogP contribution in [0.15, 0.2) is 45.7 Å². The van der Waals surface area contributed by atoms with Crippen LogP contribution >= 0.6 is 0 Å². The van der Waals surface area contributed by atoms with Gasteiger partial charge < -0.3 is 9.32 Å². The summed E-state index contributed by atoms with van der Waals surface area (Å²) in [5.74, 6) is -0.716. The summed E-state index contributed by atoms with van der Waals surface area (Å²) in [6, 6.07) is 9.38. The summed E-state index contributed by atoms with van der Waals surface area (Å²) in [6.45, 7) is 0.646. The number of hydrogen-bond acceptors (Lipinski definition) is 4. The second kappa shape index (κ2) is 4.31. The Morgan fingerprint density at radius 2 is 2.19 bits per heavy atom. The average molecular weight is 281 g/mol. The summed E-state index contributed by atoms with van der Waals surface area (Å²) in [5, 5.41) is 0. The molecule has 0 bridgehead atoms. The summed E-state index contributed by atoms with van der Waals surface area (Å²) < 4.78 is 4.95. The molecule has 0 fully saturated rings. The van der Waals surface area contributed by atoms with E-state index in [1.54, 1.807) is 11.0 Å². The fraction of sp³-hybridized carbons (Fsp3) is 0.133. The largest absolute Gasteiger partial charge is 0.418 e. The van der Waals surface area contributed by atoms with Crippen molar-refractivity contribution in [3.05, 3.63) is 58.2 Å². The molecule has 1 N–H and O–H groups in total. The molecule has 3 heterocycles. The molecule has 4 rings (SSSR count). The van der Waals surface area contributed by atoms with Crippen LogP contribution in [0.4, 0.5) is 5.69 Å². The van der Waals surface area contributed by atoms with Gasteiger partial charge in [-0.05, 0) is 24.1 Å². The Hall–Kier alpha value is -2.89. The first kappa shape index (κ1) is 11.9. The molecule has 21 heavy (non-hydrogen) atoms. The smallest absolute Gasteiger partial charge is 0.406 e. The molecule has 1 aliphatic heterocycles. The van der Waals surface area contributed by atoms with Crippen LogP contribution in [-0.2, 0) is 6.42 Å². The predicted octanol–water partition coefficient (Wildman–Crippen LogP) is 1.72. The van der Waals surface area contributed by atoms with Gasteiger partial charge in [0.2, 0.25) is 0 Å². The number of aromatic nitrogens is 2. The lowest BCUT2D eigenvalue weighted by molar-refractivity contribution is 0.0989. The maximum absolute atomic E-state index is 12.6. The third-order valence-electron chi connectivity index (χ3n) is 3.66. The number of rotatable bonds is 1. The van der Waals surface area contributed by atoms with Crippen molar-refractivity contribution in [2.45, 2.75) is 6.42 Å². The van der Waals surface area contributed by atoms with Crippen LogP contribution in [0.25, 0.3) is 11.2 Å². The van der Waals surface area contributed by atoms with Crippen molar-refractivity contribution in [1.29, 1.82) is 0 Å². The molecule has 0 aliphatic carbocycles. The van der Waals surface area contributed by atoms with Crippen molar-refractivity contribution >= 4 is 22.8 Å². The number of carbonyl (C=O) groups is 1. The van der Waals surface area contributed by atoms with Gasteiger partial charge in [-0.1, -0.05) is 18.2 Å². The number of anilines is 1. The van der Waals surface area contributed by atoms with E-state index >= 15 is 0 Å². The quantitative estimate of drug-likeness (QED) is 0.736. The van der Waals surface area contributed by atoms with Crippen LogP contribution in [0.3, 0.4) is 0 Å². The van der Waals surface area contributed by atoms with Crippen molar-refractivity contribution in [3.63, 3.8) is 0 Å². The maximum Gasteiger partial charge on any atom is 0.418 e. The molecule has 0 unspecified atom stereocenters. The van der Waals surface area contributed by atoms with Gasteiger partial charge in [0.15, 0.2) is 11.2 Å². The Morgan fingerprint density at radius 3 is 3.10 bits per heavy atom. The van der Waals surface area contributed by atoms with Crippen LogP contribution in [0, 0.1) is 0 Å². The number of hydrogen-bond donors (Lipinski definition) is 1. The van der Waals surface area contributed by atoms with Crippen molar-refractivity contribution < 1.29 is 9.21 Å². The molecular weight excluding hydrogens is 270 g/mol. The number of benzene rings is 1. The van der Waals surface area contributed by atoms with E-state index < -0.39 is 5.76 Å². The van der Waals surface area contributed by atoms with Gasteiger partial charge in [0.25, 0.3) is 5.91 Å². The lowest BCUT2D eigenvalue weighted by Gasteiger charge is -2.16. The van der Waals surface area contributed by atoms with Crippen molar-refractivity contribution in [1.82, 2.24) is 9.97 Å². The standard InChI is InChI=1S/C15H11N3O3/c19-14(18-6-5-9-3-1-2-4-11(9)18)10-7-12-13(16-8-10)17-15(20)21-12/h1-4,7-8H,5-6H2,(H,16,17,20). The summed E-state index contributed by atoms with van der Waals surface area (Å²) >= 11 is 0. The van der Waals surface area contributed by atoms with Crippen LogP contribution in [0.2, 0.25) is 0 Å². The molecule has 104 valence electrons. The monoisotopic (exact) mass is 281 g/mol. The van der Waals surface area contributed by atoms with Gasteiger partial charge in [0.05, 0.1) is 5.56 Å². The Morgan fingerprint density at radius 1 is 1.33 bits per heavy atom. The summed E-state index contributed by atoms with van der Waals surface area (Å²) in [4.78, 5) is 32.0. The zero-order chi connectivity index (χ0) is 14.4. The normalized spacial score (nSPS) is 13.6. The van der Waals surface area contributed by atoms with Gasteiger partial charge in [0.1, 0.15) is 0 Å². The fourth-order valence-corrected chi connectivity index (χ4v) is 2.66. The lowest BCUT2D eigenvalue weighted by Crippen LogP contribution is -2.28. The SMILES string of the molecule is O=C(c1cnc2[nH]c(=O)oc2c1)N1CCc2ccccc21. The Kier molecular flexibility index (Phi) is 2.44. The number of aromatic amines is 1. The highest BCUT2D eigenvalue weighted by Gasteiger charge is 2.25. The van der Waals surface area contributed by atoms with Crippen molar-refractivity contribution in [2.24, 2.45) is 0 Å². The molecule has 2 aromatic heterocycles. The summed E-state index contributed by atoms with van der Waals surface area (Å²) in [5.41, 5.74) is 3.13. The molecule has 0 saturated carbocycles. The van der Waals surface area contributed by atoms with Crippen LogP contribution in [0.1, 0.15) is 15.9 Å². The average Bonchev–Trinajstić information content (AvgIpc) is 3.07. The van der Waals surface area contributed by atoms with E-state index in [0.717, 1.165) is 17.7 Å². The summed E-state index contributed by atoms with van der Waals surface area (Å²) in [6.07, 6.45) is 2.30. The lowest BCUT2D eigenvalue weighted by atomic mass is 10.2. The number of H-pyrrole nitrogens is 1. The number of para-hydroxylation sites is 1. The molecule has 0 saturated heterocycles. The second-order valence-corrected chi connectivity index (χ2v) is 4.92. The molecule has 1 amide bonds. The highest BCUT2D eigenvalue weighted by molar-refractivity contribution is 6.08. The molecule has 0 atom stereocenters. The van der Waals surface area contributed by atoms with Gasteiger partial charge in [-0.25, -0.2) is 9.78 Å². The van der Waals surface area contributed by atoms with E-state index in [9.17, 15) is 9.59 Å². The van der Waals surface area contributed by atoms with Gasteiger partial charge in [-0.2, -0.15) is 0 Å². The Labute approximate surface area is 119 Å². The number of fused-ring (bicyclic) bond motifs is 2. The Bertz CT molecular complexity index is 910. The van der Waals surface area contributed by atoms with E-state index in [0.29, 0.717) is 23.3 Å². The molecule has 1 aromatic carbocycles. The first-order valence-corrected chi connectivity index (χ1v) is 6.61. The number of carbonyl (C=O) groups excluding carboxylic acids is 1. The first-order valence-electron chi connectivity index (χ1n) is 6.61. The highest BCUT2D eigenvalue weighted by atomic mass is 16.4. The zero-order valence-electron chi connectivity index (χ0n) is 11.0. The minimum atomic E-state index is -0.575. The third-order valence-corrected chi connectivity index (χ3v) is 3.66. The molecule has 0 radical (unpaired) electrons. The van der Waals surface area contributed by atoms with Gasteiger partial charge >= 0.3 is 5.76 Å². The first-order chi connectivity index (χ1) is 10.2. The molecule has 1 aliphatic rings. The number of oxazole rings is 1. The number of nitrogens with one attached hydrogen (secondary N) is 1.